The number of ether oxygens (including phenoxy) is 1. The number of carbonyl (C=O) groups is 1. The lowest BCUT2D eigenvalue weighted by atomic mass is 9.50. The standard InChI is InChI=1S/C16H25BrO3/c1-10-5-8-16-7-4-6-15(10,16)9-12(20-11(2)18)13(17)14(16,3)19/h10,12-13,19H,4-9H2,1-3H3/t10?,12-,13?,14?,15+,16-/m0/s1. The van der Waals surface area contributed by atoms with Crippen LogP contribution < -0.4 is 0 Å². The van der Waals surface area contributed by atoms with Crippen LogP contribution in [0.25, 0.3) is 0 Å². The predicted molar refractivity (Wildman–Crippen MR) is 80.6 cm³/mol. The van der Waals surface area contributed by atoms with Gasteiger partial charge in [-0.05, 0) is 50.4 Å². The summed E-state index contributed by atoms with van der Waals surface area (Å²) in [6.45, 7) is 5.74. The summed E-state index contributed by atoms with van der Waals surface area (Å²) < 4.78 is 5.55. The number of halogens is 1. The van der Waals surface area contributed by atoms with Gasteiger partial charge in [0.05, 0.1) is 10.4 Å². The number of hydrogen-bond donors (Lipinski definition) is 1. The van der Waals surface area contributed by atoms with Crippen LogP contribution >= 0.6 is 15.9 Å². The highest BCUT2D eigenvalue weighted by molar-refractivity contribution is 9.09. The van der Waals surface area contributed by atoms with E-state index in [-0.39, 0.29) is 27.7 Å². The zero-order valence-electron chi connectivity index (χ0n) is 12.6. The van der Waals surface area contributed by atoms with Crippen molar-refractivity contribution in [3.63, 3.8) is 0 Å². The van der Waals surface area contributed by atoms with Crippen LogP contribution in [0, 0.1) is 16.7 Å². The molecule has 3 aliphatic rings. The summed E-state index contributed by atoms with van der Waals surface area (Å²) >= 11 is 3.66. The molecule has 0 aromatic rings. The topological polar surface area (TPSA) is 46.5 Å². The summed E-state index contributed by atoms with van der Waals surface area (Å²) in [5.41, 5.74) is -0.655. The molecule has 0 aromatic heterocycles. The Bertz CT molecular complexity index is 435. The third kappa shape index (κ3) is 1.58. The zero-order chi connectivity index (χ0) is 14.8. The van der Waals surface area contributed by atoms with E-state index in [0.717, 1.165) is 19.3 Å². The van der Waals surface area contributed by atoms with E-state index in [0.29, 0.717) is 5.92 Å². The van der Waals surface area contributed by atoms with E-state index in [9.17, 15) is 9.90 Å². The summed E-state index contributed by atoms with van der Waals surface area (Å²) in [6.07, 6.45) is 6.45. The van der Waals surface area contributed by atoms with Crippen molar-refractivity contribution < 1.29 is 14.6 Å². The van der Waals surface area contributed by atoms with Crippen molar-refractivity contribution in [2.75, 3.05) is 0 Å². The molecule has 3 nitrogen and oxygen atoms in total. The highest BCUT2D eigenvalue weighted by Crippen LogP contribution is 2.74. The fourth-order valence-corrected chi connectivity index (χ4v) is 6.67. The SMILES string of the molecule is CC(=O)O[C@H]1C[C@@]23CCC[C@]2(CCC3C)C(C)(O)C1Br. The van der Waals surface area contributed by atoms with Gasteiger partial charge in [-0.3, -0.25) is 4.79 Å². The molecule has 3 rings (SSSR count). The van der Waals surface area contributed by atoms with Crippen LogP contribution in [-0.4, -0.2) is 27.6 Å². The predicted octanol–water partition coefficient (Wildman–Crippen LogP) is 3.42. The average molecular weight is 345 g/mol. The zero-order valence-corrected chi connectivity index (χ0v) is 14.2. The lowest BCUT2D eigenvalue weighted by Crippen LogP contribution is -2.65. The summed E-state index contributed by atoms with van der Waals surface area (Å²) in [5.74, 6) is 0.359. The normalized spacial score (nSPS) is 54.4. The molecule has 0 aliphatic heterocycles. The lowest BCUT2D eigenvalue weighted by Gasteiger charge is -2.59. The maximum absolute atomic E-state index is 11.4. The van der Waals surface area contributed by atoms with Gasteiger partial charge in [0.2, 0.25) is 0 Å². The number of esters is 1. The van der Waals surface area contributed by atoms with Crippen LogP contribution in [0.1, 0.15) is 59.3 Å². The first kappa shape index (κ1) is 14.8. The molecule has 3 saturated carbocycles. The molecule has 0 amide bonds. The van der Waals surface area contributed by atoms with Crippen LogP contribution in [0.4, 0.5) is 0 Å². The van der Waals surface area contributed by atoms with Crippen molar-refractivity contribution in [2.45, 2.75) is 75.8 Å². The van der Waals surface area contributed by atoms with Crippen LogP contribution in [0.2, 0.25) is 0 Å². The van der Waals surface area contributed by atoms with E-state index in [1.54, 1.807) is 0 Å². The first-order chi connectivity index (χ1) is 9.27. The van der Waals surface area contributed by atoms with E-state index in [4.69, 9.17) is 4.74 Å². The van der Waals surface area contributed by atoms with Crippen LogP contribution in [0.15, 0.2) is 0 Å². The van der Waals surface area contributed by atoms with E-state index < -0.39 is 5.60 Å². The highest BCUT2D eigenvalue weighted by atomic mass is 79.9. The van der Waals surface area contributed by atoms with Gasteiger partial charge < -0.3 is 9.84 Å². The molecule has 1 N–H and O–H groups in total. The lowest BCUT2D eigenvalue weighted by molar-refractivity contribution is -0.193. The van der Waals surface area contributed by atoms with Crippen LogP contribution in [-0.2, 0) is 9.53 Å². The Balaban J connectivity index is 2.05. The van der Waals surface area contributed by atoms with E-state index in [1.165, 1.54) is 26.2 Å². The molecule has 3 unspecified atom stereocenters. The molecule has 0 heterocycles. The minimum Gasteiger partial charge on any atom is -0.461 e. The number of alkyl halides is 1. The van der Waals surface area contributed by atoms with Gasteiger partial charge in [-0.15, -0.1) is 0 Å². The van der Waals surface area contributed by atoms with Gasteiger partial charge in [0.25, 0.3) is 0 Å². The fraction of sp³-hybridized carbons (Fsp3) is 0.938. The molecule has 0 bridgehead atoms. The fourth-order valence-electron chi connectivity index (χ4n) is 5.94. The molecule has 0 spiro atoms. The Morgan fingerprint density at radius 3 is 2.70 bits per heavy atom. The van der Waals surface area contributed by atoms with Crippen molar-refractivity contribution in [3.8, 4) is 0 Å². The molecule has 3 aliphatic carbocycles. The smallest absolute Gasteiger partial charge is 0.302 e. The van der Waals surface area contributed by atoms with E-state index in [1.807, 2.05) is 6.92 Å². The molecular formula is C16H25BrO3. The quantitative estimate of drug-likeness (QED) is 0.585. The van der Waals surface area contributed by atoms with E-state index in [2.05, 4.69) is 22.9 Å². The molecule has 6 atom stereocenters. The minimum atomic E-state index is -0.813. The summed E-state index contributed by atoms with van der Waals surface area (Å²) in [4.78, 5) is 11.2. The number of carbonyl (C=O) groups excluding carboxylic acids is 1. The first-order valence-electron chi connectivity index (χ1n) is 7.80. The monoisotopic (exact) mass is 344 g/mol. The van der Waals surface area contributed by atoms with Gasteiger partial charge in [0, 0.05) is 12.3 Å². The minimum absolute atomic E-state index is 0.00420. The number of rotatable bonds is 1. The molecule has 0 radical (unpaired) electrons. The largest absolute Gasteiger partial charge is 0.461 e. The maximum Gasteiger partial charge on any atom is 0.302 e. The van der Waals surface area contributed by atoms with Gasteiger partial charge in [-0.2, -0.15) is 0 Å². The second kappa shape index (κ2) is 4.45. The number of aliphatic hydroxyl groups is 1. The van der Waals surface area contributed by atoms with Gasteiger partial charge in [0.1, 0.15) is 6.10 Å². The number of hydrogen-bond acceptors (Lipinski definition) is 3. The Hall–Kier alpha value is -0.0900. The van der Waals surface area contributed by atoms with Crippen molar-refractivity contribution >= 4 is 21.9 Å². The van der Waals surface area contributed by atoms with Crippen molar-refractivity contribution in [3.05, 3.63) is 0 Å². The Morgan fingerprint density at radius 2 is 2.05 bits per heavy atom. The Labute approximate surface area is 129 Å². The first-order valence-corrected chi connectivity index (χ1v) is 8.72. The Kier molecular flexibility index (Phi) is 3.30. The van der Waals surface area contributed by atoms with Gasteiger partial charge in [0.15, 0.2) is 0 Å². The van der Waals surface area contributed by atoms with Crippen molar-refractivity contribution in [1.29, 1.82) is 0 Å². The summed E-state index contributed by atoms with van der Waals surface area (Å²) in [6, 6.07) is 0. The molecule has 0 aromatic carbocycles. The highest BCUT2D eigenvalue weighted by Gasteiger charge is 2.73. The third-order valence-corrected chi connectivity index (χ3v) is 8.32. The maximum atomic E-state index is 11.4. The van der Waals surface area contributed by atoms with Crippen molar-refractivity contribution in [1.82, 2.24) is 0 Å². The average Bonchev–Trinajstić information content (AvgIpc) is 2.85. The Morgan fingerprint density at radius 1 is 1.35 bits per heavy atom. The van der Waals surface area contributed by atoms with Gasteiger partial charge in [-0.25, -0.2) is 0 Å². The molecule has 3 fully saturated rings. The van der Waals surface area contributed by atoms with Crippen molar-refractivity contribution in [2.24, 2.45) is 16.7 Å². The summed E-state index contributed by atoms with van der Waals surface area (Å²) in [7, 11) is 0. The van der Waals surface area contributed by atoms with E-state index >= 15 is 0 Å². The van der Waals surface area contributed by atoms with Crippen LogP contribution in [0.3, 0.4) is 0 Å². The van der Waals surface area contributed by atoms with Gasteiger partial charge >= 0.3 is 5.97 Å². The molecule has 0 saturated heterocycles. The van der Waals surface area contributed by atoms with Crippen LogP contribution in [0.5, 0.6) is 0 Å². The third-order valence-electron chi connectivity index (χ3n) is 6.84. The second-order valence-corrected chi connectivity index (χ2v) is 8.42. The molecule has 114 valence electrons. The molecular weight excluding hydrogens is 320 g/mol. The summed E-state index contributed by atoms with van der Waals surface area (Å²) in [5, 5.41) is 11.3. The molecule has 20 heavy (non-hydrogen) atoms. The molecule has 4 heteroatoms. The second-order valence-electron chi connectivity index (χ2n) is 7.43. The van der Waals surface area contributed by atoms with Gasteiger partial charge in [-0.1, -0.05) is 29.3 Å².